The van der Waals surface area contributed by atoms with Crippen LogP contribution in [0, 0.1) is 5.92 Å². The molecule has 2 aromatic carbocycles. The molecule has 1 aromatic heterocycles. The Bertz CT molecular complexity index is 788. The van der Waals surface area contributed by atoms with Crippen molar-refractivity contribution in [2.75, 3.05) is 17.2 Å². The number of para-hydroxylation sites is 1. The van der Waals surface area contributed by atoms with E-state index in [-0.39, 0.29) is 0 Å². The average molecular weight is 334 g/mol. The Morgan fingerprint density at radius 3 is 2.28 bits per heavy atom. The minimum absolute atomic E-state index is 0.559. The number of hydrogen-bond acceptors (Lipinski definition) is 5. The van der Waals surface area contributed by atoms with E-state index in [1.165, 1.54) is 0 Å². The SMILES string of the molecule is CC(C)CNc1cc(Nc2ccc(Oc3ccccc3)cc2)ncn1. The number of anilines is 3. The number of hydrogen-bond donors (Lipinski definition) is 2. The molecular weight excluding hydrogens is 312 g/mol. The summed E-state index contributed by atoms with van der Waals surface area (Å²) in [6.07, 6.45) is 1.55. The second kappa shape index (κ2) is 8.15. The summed E-state index contributed by atoms with van der Waals surface area (Å²) in [5, 5.41) is 6.57. The van der Waals surface area contributed by atoms with E-state index in [0.29, 0.717) is 5.92 Å². The van der Waals surface area contributed by atoms with Crippen LogP contribution in [0.25, 0.3) is 0 Å². The van der Waals surface area contributed by atoms with Gasteiger partial charge in [0.15, 0.2) is 0 Å². The van der Waals surface area contributed by atoms with E-state index in [2.05, 4.69) is 34.4 Å². The van der Waals surface area contributed by atoms with Gasteiger partial charge in [-0.2, -0.15) is 0 Å². The molecule has 0 amide bonds. The van der Waals surface area contributed by atoms with Crippen LogP contribution in [-0.2, 0) is 0 Å². The summed E-state index contributed by atoms with van der Waals surface area (Å²) in [7, 11) is 0. The highest BCUT2D eigenvalue weighted by atomic mass is 16.5. The lowest BCUT2D eigenvalue weighted by Crippen LogP contribution is -2.09. The highest BCUT2D eigenvalue weighted by Gasteiger charge is 2.02. The molecule has 0 atom stereocenters. The van der Waals surface area contributed by atoms with Crippen molar-refractivity contribution in [3.63, 3.8) is 0 Å². The van der Waals surface area contributed by atoms with Gasteiger partial charge in [-0.25, -0.2) is 9.97 Å². The number of nitrogens with one attached hydrogen (secondary N) is 2. The maximum absolute atomic E-state index is 5.79. The van der Waals surface area contributed by atoms with Crippen LogP contribution >= 0.6 is 0 Å². The molecule has 5 heteroatoms. The van der Waals surface area contributed by atoms with Gasteiger partial charge in [-0.3, -0.25) is 0 Å². The summed E-state index contributed by atoms with van der Waals surface area (Å²) in [5.74, 6) is 3.73. The molecule has 0 fully saturated rings. The Hall–Kier alpha value is -3.08. The first-order chi connectivity index (χ1) is 12.2. The predicted molar refractivity (Wildman–Crippen MR) is 102 cm³/mol. The molecule has 0 saturated carbocycles. The zero-order valence-electron chi connectivity index (χ0n) is 14.4. The Morgan fingerprint density at radius 2 is 1.56 bits per heavy atom. The summed E-state index contributed by atoms with van der Waals surface area (Å²) in [6.45, 7) is 5.20. The summed E-state index contributed by atoms with van der Waals surface area (Å²) in [4.78, 5) is 8.49. The van der Waals surface area contributed by atoms with Gasteiger partial charge in [0.25, 0.3) is 0 Å². The maximum atomic E-state index is 5.79. The molecule has 3 rings (SSSR count). The van der Waals surface area contributed by atoms with Crippen molar-refractivity contribution in [3.05, 3.63) is 67.0 Å². The molecule has 1 heterocycles. The third-order valence-electron chi connectivity index (χ3n) is 3.46. The molecule has 0 saturated heterocycles. The fraction of sp³-hybridized carbons (Fsp3) is 0.200. The smallest absolute Gasteiger partial charge is 0.135 e. The van der Waals surface area contributed by atoms with E-state index < -0.39 is 0 Å². The Morgan fingerprint density at radius 1 is 0.880 bits per heavy atom. The lowest BCUT2D eigenvalue weighted by atomic mass is 10.2. The normalized spacial score (nSPS) is 10.5. The maximum Gasteiger partial charge on any atom is 0.135 e. The number of ether oxygens (including phenoxy) is 1. The van der Waals surface area contributed by atoms with E-state index in [9.17, 15) is 0 Å². The zero-order valence-corrected chi connectivity index (χ0v) is 14.4. The molecule has 0 aliphatic heterocycles. The van der Waals surface area contributed by atoms with Gasteiger partial charge in [-0.15, -0.1) is 0 Å². The second-order valence-corrected chi connectivity index (χ2v) is 6.13. The van der Waals surface area contributed by atoms with Crippen molar-refractivity contribution >= 4 is 17.3 Å². The van der Waals surface area contributed by atoms with Gasteiger partial charge in [0, 0.05) is 18.3 Å². The zero-order chi connectivity index (χ0) is 17.5. The van der Waals surface area contributed by atoms with Crippen LogP contribution in [0.2, 0.25) is 0 Å². The van der Waals surface area contributed by atoms with Gasteiger partial charge in [0.2, 0.25) is 0 Å². The van der Waals surface area contributed by atoms with Gasteiger partial charge in [-0.05, 0) is 42.3 Å². The Labute approximate surface area is 148 Å². The Kier molecular flexibility index (Phi) is 5.46. The van der Waals surface area contributed by atoms with Crippen LogP contribution in [0.4, 0.5) is 17.3 Å². The van der Waals surface area contributed by atoms with Crippen molar-refractivity contribution in [3.8, 4) is 11.5 Å². The topological polar surface area (TPSA) is 59.1 Å². The van der Waals surface area contributed by atoms with Crippen molar-refractivity contribution in [2.45, 2.75) is 13.8 Å². The largest absolute Gasteiger partial charge is 0.457 e. The lowest BCUT2D eigenvalue weighted by molar-refractivity contribution is 0.483. The van der Waals surface area contributed by atoms with Crippen LogP contribution in [0.1, 0.15) is 13.8 Å². The first-order valence-electron chi connectivity index (χ1n) is 8.35. The molecular formula is C20H22N4O. The predicted octanol–water partition coefficient (Wildman–Crippen LogP) is 5.08. The van der Waals surface area contributed by atoms with Gasteiger partial charge < -0.3 is 15.4 Å². The molecule has 0 aliphatic carbocycles. The first-order valence-corrected chi connectivity index (χ1v) is 8.35. The van der Waals surface area contributed by atoms with E-state index >= 15 is 0 Å². The third kappa shape index (κ3) is 5.21. The lowest BCUT2D eigenvalue weighted by Gasteiger charge is -2.11. The first kappa shape index (κ1) is 16.8. The van der Waals surface area contributed by atoms with Crippen molar-refractivity contribution in [2.24, 2.45) is 5.92 Å². The van der Waals surface area contributed by atoms with Crippen molar-refractivity contribution in [1.29, 1.82) is 0 Å². The van der Waals surface area contributed by atoms with Crippen LogP contribution in [0.15, 0.2) is 67.0 Å². The fourth-order valence-corrected chi connectivity index (χ4v) is 2.21. The quantitative estimate of drug-likeness (QED) is 0.631. The van der Waals surface area contributed by atoms with E-state index in [4.69, 9.17) is 4.74 Å². The number of rotatable bonds is 7. The summed E-state index contributed by atoms with van der Waals surface area (Å²) in [6, 6.07) is 19.4. The molecule has 0 radical (unpaired) electrons. The number of aromatic nitrogens is 2. The molecule has 128 valence electrons. The molecule has 0 bridgehead atoms. The van der Waals surface area contributed by atoms with Crippen LogP contribution in [0.5, 0.6) is 11.5 Å². The third-order valence-corrected chi connectivity index (χ3v) is 3.46. The van der Waals surface area contributed by atoms with E-state index in [1.54, 1.807) is 6.33 Å². The molecule has 0 unspecified atom stereocenters. The monoisotopic (exact) mass is 334 g/mol. The van der Waals surface area contributed by atoms with E-state index in [1.807, 2.05) is 60.7 Å². The molecule has 0 spiro atoms. The number of nitrogens with zero attached hydrogens (tertiary/aromatic N) is 2. The molecule has 25 heavy (non-hydrogen) atoms. The van der Waals surface area contributed by atoms with Crippen molar-refractivity contribution in [1.82, 2.24) is 9.97 Å². The van der Waals surface area contributed by atoms with Gasteiger partial charge >= 0.3 is 0 Å². The summed E-state index contributed by atoms with van der Waals surface area (Å²) >= 11 is 0. The molecule has 5 nitrogen and oxygen atoms in total. The molecule has 2 N–H and O–H groups in total. The van der Waals surface area contributed by atoms with E-state index in [0.717, 1.165) is 35.4 Å². The average Bonchev–Trinajstić information content (AvgIpc) is 2.63. The highest BCUT2D eigenvalue weighted by molar-refractivity contribution is 5.59. The van der Waals surface area contributed by atoms with Crippen LogP contribution in [-0.4, -0.2) is 16.5 Å². The van der Waals surface area contributed by atoms with Gasteiger partial charge in [0.1, 0.15) is 29.5 Å². The van der Waals surface area contributed by atoms with Gasteiger partial charge in [-0.1, -0.05) is 32.0 Å². The molecule has 3 aromatic rings. The van der Waals surface area contributed by atoms with Crippen molar-refractivity contribution < 1.29 is 4.74 Å². The summed E-state index contributed by atoms with van der Waals surface area (Å²) in [5.41, 5.74) is 0.939. The Balaban J connectivity index is 1.62. The number of benzene rings is 2. The van der Waals surface area contributed by atoms with Crippen LogP contribution in [0.3, 0.4) is 0 Å². The second-order valence-electron chi connectivity index (χ2n) is 6.13. The fourth-order valence-electron chi connectivity index (χ4n) is 2.21. The summed E-state index contributed by atoms with van der Waals surface area (Å²) < 4.78 is 5.79. The minimum atomic E-state index is 0.559. The minimum Gasteiger partial charge on any atom is -0.457 e. The standard InChI is InChI=1S/C20H22N4O/c1-15(2)13-21-19-12-20(23-14-22-19)24-16-8-10-18(11-9-16)25-17-6-4-3-5-7-17/h3-12,14-15H,13H2,1-2H3,(H2,21,22,23,24). The molecule has 0 aliphatic rings. The highest BCUT2D eigenvalue weighted by Crippen LogP contribution is 2.24. The van der Waals surface area contributed by atoms with Crippen LogP contribution < -0.4 is 15.4 Å². The van der Waals surface area contributed by atoms with Gasteiger partial charge in [0.05, 0.1) is 0 Å².